The molecule has 0 radical (unpaired) electrons. The minimum Gasteiger partial charge on any atom is -0.345 e. The second-order valence-electron chi connectivity index (χ2n) is 11.8. The number of allylic oxidation sites excluding steroid dienone is 2. The normalized spacial score (nSPS) is 12.2. The highest BCUT2D eigenvalue weighted by Gasteiger charge is 2.17. The number of rotatable bonds is 6. The van der Waals surface area contributed by atoms with E-state index in [1.807, 2.05) is 0 Å². The first kappa shape index (κ1) is 27.7. The lowest BCUT2D eigenvalue weighted by molar-refractivity contribution is 1.21. The quantitative estimate of drug-likeness (QED) is 0.190. The molecule has 46 heavy (non-hydrogen) atoms. The van der Waals surface area contributed by atoms with Crippen molar-refractivity contribution < 1.29 is 0 Å². The number of benzene rings is 7. The van der Waals surface area contributed by atoms with E-state index < -0.39 is 0 Å². The van der Waals surface area contributed by atoms with Crippen LogP contribution in [-0.2, 0) is 0 Å². The van der Waals surface area contributed by atoms with Gasteiger partial charge in [0.15, 0.2) is 0 Å². The Morgan fingerprint density at radius 2 is 0.935 bits per heavy atom. The molecule has 0 spiro atoms. The van der Waals surface area contributed by atoms with Crippen LogP contribution in [-0.4, -0.2) is 7.05 Å². The highest BCUT2D eigenvalue weighted by molar-refractivity contribution is 6.04. The van der Waals surface area contributed by atoms with Crippen LogP contribution >= 0.6 is 0 Å². The van der Waals surface area contributed by atoms with Crippen molar-refractivity contribution in [2.24, 2.45) is 0 Å². The molecule has 0 unspecified atom stereocenters. The number of nitrogens with zero attached hydrogens (tertiary/aromatic N) is 2. The minimum absolute atomic E-state index is 0.979. The van der Waals surface area contributed by atoms with Crippen molar-refractivity contribution in [3.05, 3.63) is 175 Å². The predicted octanol–water partition coefficient (Wildman–Crippen LogP) is 12.3. The molecule has 220 valence electrons. The number of hydrogen-bond acceptors (Lipinski definition) is 2. The molecule has 0 bridgehead atoms. The Hall–Kier alpha value is -5.86. The van der Waals surface area contributed by atoms with Crippen molar-refractivity contribution in [2.75, 3.05) is 16.8 Å². The topological polar surface area (TPSA) is 6.48 Å². The number of fused-ring (bicyclic) bond motifs is 3. The molecule has 8 rings (SSSR count). The zero-order valence-electron chi connectivity index (χ0n) is 25.8. The summed E-state index contributed by atoms with van der Waals surface area (Å²) < 4.78 is 0. The monoisotopic (exact) mass is 590 g/mol. The Morgan fingerprint density at radius 1 is 0.435 bits per heavy atom. The number of anilines is 5. The van der Waals surface area contributed by atoms with E-state index in [0.29, 0.717) is 0 Å². The largest absolute Gasteiger partial charge is 0.345 e. The number of hydrogen-bond donors (Lipinski definition) is 0. The molecule has 1 aliphatic carbocycles. The van der Waals surface area contributed by atoms with Gasteiger partial charge < -0.3 is 9.80 Å². The molecule has 7 aromatic rings. The molecule has 0 N–H and O–H groups in total. The van der Waals surface area contributed by atoms with Crippen molar-refractivity contribution in [1.29, 1.82) is 0 Å². The first-order valence-corrected chi connectivity index (χ1v) is 15.9. The van der Waals surface area contributed by atoms with Crippen LogP contribution in [0.3, 0.4) is 0 Å². The van der Waals surface area contributed by atoms with Crippen molar-refractivity contribution in [2.45, 2.75) is 6.42 Å². The average Bonchev–Trinajstić information content (AvgIpc) is 3.37. The molecule has 0 atom stereocenters. The van der Waals surface area contributed by atoms with Crippen molar-refractivity contribution in [3.8, 4) is 11.1 Å². The summed E-state index contributed by atoms with van der Waals surface area (Å²) in [5.41, 5.74) is 10.7. The van der Waals surface area contributed by atoms with E-state index in [-0.39, 0.29) is 0 Å². The lowest BCUT2D eigenvalue weighted by Crippen LogP contribution is -2.11. The van der Waals surface area contributed by atoms with Crippen LogP contribution in [0.2, 0.25) is 0 Å². The molecule has 0 saturated heterocycles. The van der Waals surface area contributed by atoms with Crippen LogP contribution in [0.25, 0.3) is 44.8 Å². The fourth-order valence-electron chi connectivity index (χ4n) is 6.58. The van der Waals surface area contributed by atoms with E-state index in [9.17, 15) is 0 Å². The highest BCUT2D eigenvalue weighted by atomic mass is 15.1. The van der Waals surface area contributed by atoms with Gasteiger partial charge >= 0.3 is 0 Å². The third kappa shape index (κ3) is 5.14. The van der Waals surface area contributed by atoms with E-state index in [2.05, 4.69) is 193 Å². The van der Waals surface area contributed by atoms with Crippen LogP contribution in [0, 0.1) is 0 Å². The Kier molecular flexibility index (Phi) is 7.16. The molecule has 2 nitrogen and oxygen atoms in total. The maximum atomic E-state index is 2.40. The smallest absolute Gasteiger partial charge is 0.0540 e. The second-order valence-corrected chi connectivity index (χ2v) is 11.8. The summed E-state index contributed by atoms with van der Waals surface area (Å²) in [6.45, 7) is 0. The SMILES string of the molecule is CN(c1ccc(-c2ccc(N(c3cccc4ccccc34)c3cccc4ccccc34)cc2)cc1)c1ccc2c(c1)C=CCC=C2. The molecule has 0 aliphatic heterocycles. The van der Waals surface area contributed by atoms with Crippen molar-refractivity contribution in [1.82, 2.24) is 0 Å². The van der Waals surface area contributed by atoms with Crippen LogP contribution < -0.4 is 9.80 Å². The predicted molar refractivity (Wildman–Crippen MR) is 199 cm³/mol. The molecule has 0 saturated carbocycles. The second kappa shape index (κ2) is 11.9. The van der Waals surface area contributed by atoms with Crippen LogP contribution in [0.5, 0.6) is 0 Å². The molecule has 2 heteroatoms. The third-order valence-electron chi connectivity index (χ3n) is 9.05. The van der Waals surface area contributed by atoms with Gasteiger partial charge in [0, 0.05) is 34.9 Å². The third-order valence-corrected chi connectivity index (χ3v) is 9.05. The van der Waals surface area contributed by atoms with E-state index in [1.54, 1.807) is 0 Å². The summed E-state index contributed by atoms with van der Waals surface area (Å²) in [6, 6.07) is 54.9. The lowest BCUT2D eigenvalue weighted by atomic mass is 10.0. The van der Waals surface area contributed by atoms with Gasteiger partial charge in [-0.15, -0.1) is 0 Å². The maximum Gasteiger partial charge on any atom is 0.0540 e. The van der Waals surface area contributed by atoms with Gasteiger partial charge in [-0.2, -0.15) is 0 Å². The standard InChI is InChI=1S/C44H34N2/c1-45(40-30-25-32-11-3-2-4-14-37(32)31-40)38-26-21-33(22-27-38)34-23-28-39(29-24-34)46(43-19-9-15-35-12-5-7-17-41(35)43)44-20-10-16-36-13-6-8-18-42(36)44/h3-31H,2H2,1H3. The Balaban J connectivity index is 1.14. The molecule has 0 heterocycles. The summed E-state index contributed by atoms with van der Waals surface area (Å²) in [4.78, 5) is 4.65. The molecular formula is C44H34N2. The molecule has 0 aromatic heterocycles. The van der Waals surface area contributed by atoms with E-state index >= 15 is 0 Å². The summed E-state index contributed by atoms with van der Waals surface area (Å²) >= 11 is 0. The summed E-state index contributed by atoms with van der Waals surface area (Å²) in [6.07, 6.45) is 9.84. The van der Waals surface area contributed by atoms with Gasteiger partial charge in [0.25, 0.3) is 0 Å². The zero-order valence-corrected chi connectivity index (χ0v) is 25.8. The summed E-state index contributed by atoms with van der Waals surface area (Å²) in [5.74, 6) is 0. The van der Waals surface area contributed by atoms with Gasteiger partial charge in [-0.1, -0.05) is 127 Å². The van der Waals surface area contributed by atoms with Gasteiger partial charge in [-0.05, 0) is 88.0 Å². The molecule has 1 aliphatic rings. The van der Waals surface area contributed by atoms with Gasteiger partial charge in [-0.25, -0.2) is 0 Å². The van der Waals surface area contributed by atoms with Gasteiger partial charge in [0.05, 0.1) is 11.4 Å². The van der Waals surface area contributed by atoms with Crippen LogP contribution in [0.4, 0.5) is 28.4 Å². The molecular weight excluding hydrogens is 556 g/mol. The van der Waals surface area contributed by atoms with Gasteiger partial charge in [0.1, 0.15) is 0 Å². The van der Waals surface area contributed by atoms with Gasteiger partial charge in [0.2, 0.25) is 0 Å². The van der Waals surface area contributed by atoms with E-state index in [4.69, 9.17) is 0 Å². The fourth-order valence-corrected chi connectivity index (χ4v) is 6.58. The Bertz CT molecular complexity index is 2150. The Morgan fingerprint density at radius 3 is 1.54 bits per heavy atom. The summed E-state index contributed by atoms with van der Waals surface area (Å²) in [5, 5.41) is 4.91. The first-order valence-electron chi connectivity index (χ1n) is 15.9. The van der Waals surface area contributed by atoms with Crippen molar-refractivity contribution >= 4 is 62.1 Å². The molecule has 0 amide bonds. The minimum atomic E-state index is 0.979. The Labute approximate surface area is 270 Å². The van der Waals surface area contributed by atoms with Crippen LogP contribution in [0.15, 0.2) is 164 Å². The average molecular weight is 591 g/mol. The highest BCUT2D eigenvalue weighted by Crippen LogP contribution is 2.42. The zero-order chi connectivity index (χ0) is 30.9. The molecule has 0 fully saturated rings. The lowest BCUT2D eigenvalue weighted by Gasteiger charge is -2.28. The van der Waals surface area contributed by atoms with Crippen molar-refractivity contribution in [3.63, 3.8) is 0 Å². The van der Waals surface area contributed by atoms with E-state index in [0.717, 1.165) is 17.8 Å². The van der Waals surface area contributed by atoms with E-state index in [1.165, 1.54) is 60.9 Å². The fraction of sp³-hybridized carbons (Fsp3) is 0.0455. The first-order chi connectivity index (χ1) is 22.7. The van der Waals surface area contributed by atoms with Crippen LogP contribution in [0.1, 0.15) is 17.5 Å². The maximum absolute atomic E-state index is 2.40. The molecule has 7 aromatic carbocycles. The summed E-state index contributed by atoms with van der Waals surface area (Å²) in [7, 11) is 2.14. The van der Waals surface area contributed by atoms with Gasteiger partial charge in [-0.3, -0.25) is 0 Å².